The third-order valence-electron chi connectivity index (χ3n) is 3.53. The van der Waals surface area contributed by atoms with Crippen LogP contribution in [0.25, 0.3) is 0 Å². The first-order chi connectivity index (χ1) is 10.9. The number of carbonyl (C=O) groups excluding carboxylic acids is 1. The van der Waals surface area contributed by atoms with Gasteiger partial charge in [0.05, 0.1) is 24.7 Å². The summed E-state index contributed by atoms with van der Waals surface area (Å²) in [5.41, 5.74) is 0. The molecule has 2 rings (SSSR count). The van der Waals surface area contributed by atoms with Gasteiger partial charge in [0.1, 0.15) is 11.6 Å². The van der Waals surface area contributed by atoms with Gasteiger partial charge in [0.25, 0.3) is 0 Å². The van der Waals surface area contributed by atoms with Gasteiger partial charge in [-0.05, 0) is 30.7 Å². The molecule has 0 radical (unpaired) electrons. The van der Waals surface area contributed by atoms with E-state index in [4.69, 9.17) is 4.74 Å². The van der Waals surface area contributed by atoms with E-state index in [0.717, 1.165) is 0 Å². The molecule has 1 aromatic carbocycles. The highest BCUT2D eigenvalue weighted by atomic mass is 32.2. The Kier molecular flexibility index (Phi) is 6.35. The normalized spacial score (nSPS) is 17.6. The minimum atomic E-state index is -2.92. The van der Waals surface area contributed by atoms with Crippen molar-refractivity contribution in [2.45, 2.75) is 6.42 Å². The lowest BCUT2D eigenvalue weighted by Crippen LogP contribution is -2.45. The van der Waals surface area contributed by atoms with Crippen molar-refractivity contribution in [1.82, 2.24) is 10.2 Å². The van der Waals surface area contributed by atoms with Crippen LogP contribution in [0, 0.1) is 5.82 Å². The molecular weight excluding hydrogens is 323 g/mol. The van der Waals surface area contributed by atoms with E-state index >= 15 is 0 Å². The minimum Gasteiger partial charge on any atom is -0.494 e. The number of sulfone groups is 1. The van der Waals surface area contributed by atoms with Crippen LogP contribution in [0.4, 0.5) is 4.39 Å². The van der Waals surface area contributed by atoms with Gasteiger partial charge in [0.2, 0.25) is 5.91 Å². The predicted molar refractivity (Wildman–Crippen MR) is 84.6 cm³/mol. The molecule has 1 fully saturated rings. The second-order valence-corrected chi connectivity index (χ2v) is 7.74. The number of ether oxygens (including phenoxy) is 1. The number of benzene rings is 1. The molecule has 23 heavy (non-hydrogen) atoms. The number of amides is 1. The van der Waals surface area contributed by atoms with Crippen LogP contribution in [0.15, 0.2) is 24.3 Å². The Morgan fingerprint density at radius 3 is 2.52 bits per heavy atom. The molecule has 1 aromatic rings. The lowest BCUT2D eigenvalue weighted by Gasteiger charge is -2.25. The molecule has 1 heterocycles. The van der Waals surface area contributed by atoms with E-state index in [1.165, 1.54) is 12.1 Å². The summed E-state index contributed by atoms with van der Waals surface area (Å²) in [6.07, 6.45) is 0.636. The van der Waals surface area contributed by atoms with Crippen LogP contribution in [-0.2, 0) is 14.6 Å². The summed E-state index contributed by atoms with van der Waals surface area (Å²) in [5.74, 6) is 0.394. The Balaban J connectivity index is 1.55. The summed E-state index contributed by atoms with van der Waals surface area (Å²) in [5, 5.41) is 2.78. The molecule has 0 saturated carbocycles. The lowest BCUT2D eigenvalue weighted by molar-refractivity contribution is -0.122. The van der Waals surface area contributed by atoms with Crippen molar-refractivity contribution in [3.8, 4) is 5.75 Å². The van der Waals surface area contributed by atoms with Crippen LogP contribution in [-0.4, -0.2) is 63.5 Å². The third kappa shape index (κ3) is 6.54. The maximum Gasteiger partial charge on any atom is 0.234 e. The molecule has 0 atom stereocenters. The summed E-state index contributed by atoms with van der Waals surface area (Å²) in [6.45, 7) is 1.93. The highest BCUT2D eigenvalue weighted by molar-refractivity contribution is 7.91. The van der Waals surface area contributed by atoms with Crippen molar-refractivity contribution >= 4 is 15.7 Å². The summed E-state index contributed by atoms with van der Waals surface area (Å²) in [6, 6.07) is 5.77. The zero-order chi connectivity index (χ0) is 16.7. The van der Waals surface area contributed by atoms with Gasteiger partial charge in [-0.1, -0.05) is 0 Å². The van der Waals surface area contributed by atoms with Crippen molar-refractivity contribution in [2.75, 3.05) is 44.3 Å². The summed E-state index contributed by atoms with van der Waals surface area (Å²) >= 11 is 0. The van der Waals surface area contributed by atoms with Crippen LogP contribution < -0.4 is 10.1 Å². The molecule has 1 amide bonds. The van der Waals surface area contributed by atoms with Gasteiger partial charge in [-0.25, -0.2) is 12.8 Å². The number of hydrogen-bond acceptors (Lipinski definition) is 5. The van der Waals surface area contributed by atoms with Gasteiger partial charge in [-0.15, -0.1) is 0 Å². The van der Waals surface area contributed by atoms with Gasteiger partial charge in [0.15, 0.2) is 9.84 Å². The van der Waals surface area contributed by atoms with Crippen LogP contribution in [0.3, 0.4) is 0 Å². The van der Waals surface area contributed by atoms with E-state index in [2.05, 4.69) is 5.32 Å². The standard InChI is InChI=1S/C15H21FN2O4S/c16-13-2-4-14(5-3-13)22-9-1-6-17-15(19)12-18-7-10-23(20,21)11-8-18/h2-5H,1,6-12H2,(H,17,19). The van der Waals surface area contributed by atoms with Crippen molar-refractivity contribution in [3.63, 3.8) is 0 Å². The van der Waals surface area contributed by atoms with Crippen molar-refractivity contribution in [1.29, 1.82) is 0 Å². The lowest BCUT2D eigenvalue weighted by atomic mass is 10.3. The van der Waals surface area contributed by atoms with E-state index in [-0.39, 0.29) is 29.8 Å². The summed E-state index contributed by atoms with van der Waals surface area (Å²) in [4.78, 5) is 13.6. The second-order valence-electron chi connectivity index (χ2n) is 5.43. The Hall–Kier alpha value is -1.67. The van der Waals surface area contributed by atoms with E-state index in [0.29, 0.717) is 38.4 Å². The topological polar surface area (TPSA) is 75.7 Å². The van der Waals surface area contributed by atoms with E-state index in [9.17, 15) is 17.6 Å². The van der Waals surface area contributed by atoms with Gasteiger partial charge >= 0.3 is 0 Å². The molecule has 0 bridgehead atoms. The fraction of sp³-hybridized carbons (Fsp3) is 0.533. The maximum atomic E-state index is 12.7. The molecule has 0 unspecified atom stereocenters. The number of nitrogens with one attached hydrogen (secondary N) is 1. The van der Waals surface area contributed by atoms with Crippen LogP contribution in [0.5, 0.6) is 5.75 Å². The van der Waals surface area contributed by atoms with Crippen LogP contribution in [0.1, 0.15) is 6.42 Å². The fourth-order valence-corrected chi connectivity index (χ4v) is 3.47. The van der Waals surface area contributed by atoms with Crippen LogP contribution in [0.2, 0.25) is 0 Å². The van der Waals surface area contributed by atoms with Crippen LogP contribution >= 0.6 is 0 Å². The predicted octanol–water partition coefficient (Wildman–Crippen LogP) is 0.441. The Morgan fingerprint density at radius 2 is 1.87 bits per heavy atom. The average molecular weight is 344 g/mol. The molecule has 0 aliphatic carbocycles. The summed E-state index contributed by atoms with van der Waals surface area (Å²) in [7, 11) is -2.92. The van der Waals surface area contributed by atoms with Gasteiger partial charge < -0.3 is 10.1 Å². The number of carbonyl (C=O) groups is 1. The van der Waals surface area contributed by atoms with Crippen molar-refractivity contribution in [2.24, 2.45) is 0 Å². The molecule has 6 nitrogen and oxygen atoms in total. The monoisotopic (exact) mass is 344 g/mol. The number of halogens is 1. The Labute approximate surface area is 135 Å². The molecule has 1 aliphatic rings. The van der Waals surface area contributed by atoms with Gasteiger partial charge in [-0.2, -0.15) is 0 Å². The SMILES string of the molecule is O=C(CN1CCS(=O)(=O)CC1)NCCCOc1ccc(F)cc1. The molecule has 0 spiro atoms. The first-order valence-corrected chi connectivity index (χ1v) is 9.35. The van der Waals surface area contributed by atoms with Gasteiger partial charge in [-0.3, -0.25) is 9.69 Å². The third-order valence-corrected chi connectivity index (χ3v) is 5.14. The minimum absolute atomic E-state index is 0.117. The van der Waals surface area contributed by atoms with Crippen molar-refractivity contribution < 1.29 is 22.3 Å². The largest absolute Gasteiger partial charge is 0.494 e. The van der Waals surface area contributed by atoms with Crippen molar-refractivity contribution in [3.05, 3.63) is 30.1 Å². The zero-order valence-corrected chi connectivity index (χ0v) is 13.6. The highest BCUT2D eigenvalue weighted by Gasteiger charge is 2.22. The zero-order valence-electron chi connectivity index (χ0n) is 12.8. The Bertz CT molecular complexity index is 605. The Morgan fingerprint density at radius 1 is 1.22 bits per heavy atom. The molecular formula is C15H21FN2O4S. The summed E-state index contributed by atoms with van der Waals surface area (Å²) < 4.78 is 40.7. The quantitative estimate of drug-likeness (QED) is 0.727. The maximum absolute atomic E-state index is 12.7. The molecule has 1 N–H and O–H groups in total. The smallest absolute Gasteiger partial charge is 0.234 e. The number of hydrogen-bond donors (Lipinski definition) is 1. The second kappa shape index (κ2) is 8.26. The van der Waals surface area contributed by atoms with E-state index in [1.807, 2.05) is 4.90 Å². The van der Waals surface area contributed by atoms with E-state index < -0.39 is 9.84 Å². The highest BCUT2D eigenvalue weighted by Crippen LogP contribution is 2.10. The van der Waals surface area contributed by atoms with E-state index in [1.54, 1.807) is 12.1 Å². The number of nitrogens with zero attached hydrogens (tertiary/aromatic N) is 1. The molecule has 0 aromatic heterocycles. The number of rotatable bonds is 7. The fourth-order valence-electron chi connectivity index (χ4n) is 2.19. The first-order valence-electron chi connectivity index (χ1n) is 7.52. The molecule has 128 valence electrons. The molecule has 1 aliphatic heterocycles. The average Bonchev–Trinajstić information content (AvgIpc) is 2.51. The van der Waals surface area contributed by atoms with Gasteiger partial charge in [0, 0.05) is 19.6 Å². The molecule has 1 saturated heterocycles. The first kappa shape index (κ1) is 17.7. The molecule has 8 heteroatoms.